The molecule has 0 aliphatic heterocycles. The summed E-state index contributed by atoms with van der Waals surface area (Å²) in [5.41, 5.74) is 0. The summed E-state index contributed by atoms with van der Waals surface area (Å²) in [6, 6.07) is 0. The summed E-state index contributed by atoms with van der Waals surface area (Å²) in [5, 5.41) is 0. The van der Waals surface area contributed by atoms with Crippen LogP contribution in [-0.4, -0.2) is 13.1 Å². The van der Waals surface area contributed by atoms with Crippen molar-refractivity contribution < 1.29 is 9.53 Å². The van der Waals surface area contributed by atoms with E-state index >= 15 is 0 Å². The minimum atomic E-state index is -0.0142. The molecule has 0 aromatic carbocycles. The highest BCUT2D eigenvalue weighted by Crippen LogP contribution is 2.39. The number of carbonyl (C=O) groups is 1. The van der Waals surface area contributed by atoms with E-state index in [1.165, 1.54) is 64.9 Å². The molecule has 0 aromatic rings. The molecule has 26 heavy (non-hydrogen) atoms. The van der Waals surface area contributed by atoms with Gasteiger partial charge < -0.3 is 4.74 Å². The Hall–Kier alpha value is -1.31. The standard InChI is InChI=1S/C24H40O2/c1-3-4-5-6-7-8-9-10-11-12-13-14-15-16-17-18-19-23(22-20-21-22)24(25)26-2/h7-8,12-13,16-17,22-23H,3-6,9-11,14-15,18-21H2,1-2H3. The Labute approximate surface area is 161 Å². The lowest BCUT2D eigenvalue weighted by atomic mass is 9.98. The molecular formula is C24H40O2. The molecule has 0 bridgehead atoms. The summed E-state index contributed by atoms with van der Waals surface area (Å²) >= 11 is 0. The Morgan fingerprint density at radius 3 is 1.92 bits per heavy atom. The summed E-state index contributed by atoms with van der Waals surface area (Å²) in [7, 11) is 1.50. The molecule has 148 valence electrons. The van der Waals surface area contributed by atoms with Crippen LogP contribution in [0.25, 0.3) is 0 Å². The van der Waals surface area contributed by atoms with Crippen LogP contribution in [0.3, 0.4) is 0 Å². The number of allylic oxidation sites excluding steroid dienone is 6. The van der Waals surface area contributed by atoms with Gasteiger partial charge in [-0.2, -0.15) is 0 Å². The van der Waals surface area contributed by atoms with Gasteiger partial charge in [0.25, 0.3) is 0 Å². The van der Waals surface area contributed by atoms with E-state index in [2.05, 4.69) is 43.4 Å². The van der Waals surface area contributed by atoms with Crippen molar-refractivity contribution in [1.82, 2.24) is 0 Å². The molecule has 0 spiro atoms. The number of ether oxygens (including phenoxy) is 1. The highest BCUT2D eigenvalue weighted by molar-refractivity contribution is 5.73. The van der Waals surface area contributed by atoms with Gasteiger partial charge in [-0.1, -0.05) is 56.2 Å². The predicted octanol–water partition coefficient (Wildman–Crippen LogP) is 7.17. The average molecular weight is 361 g/mol. The summed E-state index contributed by atoms with van der Waals surface area (Å²) in [6.07, 6.45) is 29.2. The first kappa shape index (κ1) is 22.7. The van der Waals surface area contributed by atoms with Gasteiger partial charge >= 0.3 is 5.97 Å². The van der Waals surface area contributed by atoms with Gasteiger partial charge in [0.15, 0.2) is 0 Å². The first-order valence-electron chi connectivity index (χ1n) is 10.8. The van der Waals surface area contributed by atoms with Crippen LogP contribution in [0, 0.1) is 11.8 Å². The van der Waals surface area contributed by atoms with Crippen molar-refractivity contribution in [3.05, 3.63) is 36.5 Å². The van der Waals surface area contributed by atoms with E-state index in [1.807, 2.05) is 0 Å². The molecule has 1 unspecified atom stereocenters. The Balaban J connectivity index is 1.93. The normalized spacial score (nSPS) is 16.1. The van der Waals surface area contributed by atoms with Crippen molar-refractivity contribution >= 4 is 5.97 Å². The number of unbranched alkanes of at least 4 members (excludes halogenated alkanes) is 6. The Bertz CT molecular complexity index is 429. The molecule has 0 heterocycles. The zero-order valence-electron chi connectivity index (χ0n) is 17.1. The molecule has 1 fully saturated rings. The molecule has 1 aliphatic rings. The van der Waals surface area contributed by atoms with Crippen LogP contribution >= 0.6 is 0 Å². The topological polar surface area (TPSA) is 26.3 Å². The van der Waals surface area contributed by atoms with E-state index in [1.54, 1.807) is 0 Å². The van der Waals surface area contributed by atoms with Gasteiger partial charge in [-0.05, 0) is 76.5 Å². The molecule has 0 radical (unpaired) electrons. The van der Waals surface area contributed by atoms with Crippen LogP contribution in [0.1, 0.15) is 90.4 Å². The van der Waals surface area contributed by atoms with Gasteiger partial charge in [0, 0.05) is 0 Å². The van der Waals surface area contributed by atoms with Crippen molar-refractivity contribution in [2.45, 2.75) is 90.4 Å². The van der Waals surface area contributed by atoms with Gasteiger partial charge in [-0.15, -0.1) is 0 Å². The summed E-state index contributed by atoms with van der Waals surface area (Å²) in [6.45, 7) is 2.25. The molecule has 0 aromatic heterocycles. The molecule has 1 atom stereocenters. The van der Waals surface area contributed by atoms with Crippen LogP contribution in [0.4, 0.5) is 0 Å². The van der Waals surface area contributed by atoms with Crippen LogP contribution in [0.5, 0.6) is 0 Å². The van der Waals surface area contributed by atoms with E-state index in [9.17, 15) is 4.79 Å². The van der Waals surface area contributed by atoms with Crippen LogP contribution in [0.15, 0.2) is 36.5 Å². The SMILES string of the molecule is CCCCCC=CCCCC=CCCC=CCCC(C(=O)OC)C1CC1. The monoisotopic (exact) mass is 360 g/mol. The second-order valence-electron chi connectivity index (χ2n) is 7.46. The van der Waals surface area contributed by atoms with Crippen LogP contribution < -0.4 is 0 Å². The van der Waals surface area contributed by atoms with Gasteiger partial charge in [0.1, 0.15) is 0 Å². The number of methoxy groups -OCH3 is 1. The van der Waals surface area contributed by atoms with Crippen LogP contribution in [-0.2, 0) is 9.53 Å². The fourth-order valence-corrected chi connectivity index (χ4v) is 3.24. The zero-order valence-corrected chi connectivity index (χ0v) is 17.1. The number of hydrogen-bond acceptors (Lipinski definition) is 2. The second kappa shape index (κ2) is 15.9. The van der Waals surface area contributed by atoms with Crippen molar-refractivity contribution in [3.8, 4) is 0 Å². The quantitative estimate of drug-likeness (QED) is 0.166. The Kier molecular flexibility index (Phi) is 13.9. The largest absolute Gasteiger partial charge is 0.469 e. The molecule has 0 N–H and O–H groups in total. The number of hydrogen-bond donors (Lipinski definition) is 0. The summed E-state index contributed by atoms with van der Waals surface area (Å²) in [4.78, 5) is 11.7. The van der Waals surface area contributed by atoms with E-state index < -0.39 is 0 Å². The van der Waals surface area contributed by atoms with Crippen LogP contribution in [0.2, 0.25) is 0 Å². The molecule has 2 heteroatoms. The third-order valence-corrected chi connectivity index (χ3v) is 5.06. The number of rotatable bonds is 16. The molecule has 0 saturated heterocycles. The summed E-state index contributed by atoms with van der Waals surface area (Å²) < 4.78 is 4.92. The van der Waals surface area contributed by atoms with Crippen molar-refractivity contribution in [1.29, 1.82) is 0 Å². The smallest absolute Gasteiger partial charge is 0.308 e. The minimum absolute atomic E-state index is 0.0142. The van der Waals surface area contributed by atoms with Crippen molar-refractivity contribution in [2.24, 2.45) is 11.8 Å². The second-order valence-corrected chi connectivity index (χ2v) is 7.46. The fraction of sp³-hybridized carbons (Fsp3) is 0.708. The third kappa shape index (κ3) is 12.1. The molecular weight excluding hydrogens is 320 g/mol. The number of esters is 1. The van der Waals surface area contributed by atoms with E-state index in [-0.39, 0.29) is 11.9 Å². The highest BCUT2D eigenvalue weighted by atomic mass is 16.5. The predicted molar refractivity (Wildman–Crippen MR) is 112 cm³/mol. The fourth-order valence-electron chi connectivity index (χ4n) is 3.24. The molecule has 1 aliphatic carbocycles. The lowest BCUT2D eigenvalue weighted by molar-refractivity contribution is -0.146. The molecule has 1 saturated carbocycles. The van der Waals surface area contributed by atoms with Crippen molar-refractivity contribution in [3.63, 3.8) is 0 Å². The molecule has 0 amide bonds. The van der Waals surface area contributed by atoms with E-state index in [0.29, 0.717) is 5.92 Å². The third-order valence-electron chi connectivity index (χ3n) is 5.06. The maximum atomic E-state index is 11.7. The van der Waals surface area contributed by atoms with Crippen molar-refractivity contribution in [2.75, 3.05) is 7.11 Å². The average Bonchev–Trinajstić information content (AvgIpc) is 3.49. The highest BCUT2D eigenvalue weighted by Gasteiger charge is 2.35. The Morgan fingerprint density at radius 1 is 0.846 bits per heavy atom. The first-order chi connectivity index (χ1) is 12.8. The minimum Gasteiger partial charge on any atom is -0.469 e. The lowest BCUT2D eigenvalue weighted by Gasteiger charge is -2.11. The lowest BCUT2D eigenvalue weighted by Crippen LogP contribution is -2.17. The molecule has 2 nitrogen and oxygen atoms in total. The Morgan fingerprint density at radius 2 is 1.38 bits per heavy atom. The van der Waals surface area contributed by atoms with Gasteiger partial charge in [-0.25, -0.2) is 0 Å². The summed E-state index contributed by atoms with van der Waals surface area (Å²) in [5.74, 6) is 0.704. The zero-order chi connectivity index (χ0) is 18.9. The maximum Gasteiger partial charge on any atom is 0.308 e. The maximum absolute atomic E-state index is 11.7. The van der Waals surface area contributed by atoms with Gasteiger partial charge in [0.05, 0.1) is 13.0 Å². The molecule has 1 rings (SSSR count). The van der Waals surface area contributed by atoms with E-state index in [4.69, 9.17) is 4.74 Å². The van der Waals surface area contributed by atoms with Gasteiger partial charge in [0.2, 0.25) is 0 Å². The van der Waals surface area contributed by atoms with E-state index in [0.717, 1.165) is 25.7 Å². The van der Waals surface area contributed by atoms with Gasteiger partial charge in [-0.3, -0.25) is 4.79 Å². The first-order valence-corrected chi connectivity index (χ1v) is 10.8. The number of carbonyl (C=O) groups excluding carboxylic acids is 1.